The van der Waals surface area contributed by atoms with E-state index in [9.17, 15) is 0 Å². The molecule has 0 aliphatic rings. The third-order valence-electron chi connectivity index (χ3n) is 3.30. The van der Waals surface area contributed by atoms with Crippen molar-refractivity contribution in [1.82, 2.24) is 9.97 Å². The Morgan fingerprint density at radius 1 is 0.864 bits per heavy atom. The standard InChI is InChI=1S/C18H12N2OS/c1-2-5-16-13(4-1)7-8-14(19-16)9-10-15-12-22-18(20-15)17-6-3-11-21-17/h1-12H. The van der Waals surface area contributed by atoms with Gasteiger partial charge < -0.3 is 4.42 Å². The lowest BCUT2D eigenvalue weighted by Gasteiger charge is -1.97. The van der Waals surface area contributed by atoms with Crippen LogP contribution in [-0.2, 0) is 0 Å². The highest BCUT2D eigenvalue weighted by Crippen LogP contribution is 2.24. The molecule has 4 aromatic rings. The molecule has 0 aliphatic carbocycles. The van der Waals surface area contributed by atoms with Crippen molar-refractivity contribution in [2.75, 3.05) is 0 Å². The van der Waals surface area contributed by atoms with Crippen LogP contribution in [0.1, 0.15) is 11.4 Å². The zero-order valence-electron chi connectivity index (χ0n) is 11.6. The third kappa shape index (κ3) is 2.56. The van der Waals surface area contributed by atoms with Crippen molar-refractivity contribution in [1.29, 1.82) is 0 Å². The molecule has 0 aliphatic heterocycles. The van der Waals surface area contributed by atoms with Crippen LogP contribution in [0.4, 0.5) is 0 Å². The van der Waals surface area contributed by atoms with E-state index in [-0.39, 0.29) is 0 Å². The third-order valence-corrected chi connectivity index (χ3v) is 4.17. The highest BCUT2D eigenvalue weighted by atomic mass is 32.1. The number of hydrogen-bond acceptors (Lipinski definition) is 4. The summed E-state index contributed by atoms with van der Waals surface area (Å²) in [5, 5.41) is 4.04. The molecule has 0 bridgehead atoms. The number of rotatable bonds is 3. The topological polar surface area (TPSA) is 38.9 Å². The molecule has 22 heavy (non-hydrogen) atoms. The number of pyridine rings is 1. The van der Waals surface area contributed by atoms with Gasteiger partial charge in [0.1, 0.15) is 0 Å². The Morgan fingerprint density at radius 2 is 1.77 bits per heavy atom. The first kappa shape index (κ1) is 13.0. The minimum absolute atomic E-state index is 0.800. The minimum atomic E-state index is 0.800. The Hall–Kier alpha value is -2.72. The number of thiazole rings is 1. The second-order valence-electron chi connectivity index (χ2n) is 4.82. The molecule has 0 unspecified atom stereocenters. The van der Waals surface area contributed by atoms with E-state index in [0.717, 1.165) is 33.1 Å². The Bertz CT molecular complexity index is 939. The van der Waals surface area contributed by atoms with Gasteiger partial charge in [0.15, 0.2) is 10.8 Å². The second-order valence-corrected chi connectivity index (χ2v) is 5.68. The van der Waals surface area contributed by atoms with Crippen molar-refractivity contribution in [2.45, 2.75) is 0 Å². The zero-order valence-corrected chi connectivity index (χ0v) is 12.5. The number of hydrogen-bond donors (Lipinski definition) is 0. The average Bonchev–Trinajstić information content (AvgIpc) is 3.24. The van der Waals surface area contributed by atoms with Crippen molar-refractivity contribution in [3.63, 3.8) is 0 Å². The molecule has 0 saturated heterocycles. The van der Waals surface area contributed by atoms with Gasteiger partial charge in [-0.25, -0.2) is 9.97 Å². The van der Waals surface area contributed by atoms with Crippen molar-refractivity contribution >= 4 is 34.4 Å². The Balaban J connectivity index is 1.60. The molecule has 3 nitrogen and oxygen atoms in total. The van der Waals surface area contributed by atoms with Crippen LogP contribution in [0.5, 0.6) is 0 Å². The van der Waals surface area contributed by atoms with Gasteiger partial charge in [-0.3, -0.25) is 0 Å². The lowest BCUT2D eigenvalue weighted by Crippen LogP contribution is -1.82. The quantitative estimate of drug-likeness (QED) is 0.527. The summed E-state index contributed by atoms with van der Waals surface area (Å²) in [6, 6.07) is 16.0. The molecule has 0 fully saturated rings. The summed E-state index contributed by atoms with van der Waals surface area (Å²) in [7, 11) is 0. The van der Waals surface area contributed by atoms with Gasteiger partial charge in [0.25, 0.3) is 0 Å². The van der Waals surface area contributed by atoms with Gasteiger partial charge in [0, 0.05) is 10.8 Å². The molecule has 0 spiro atoms. The van der Waals surface area contributed by atoms with E-state index in [4.69, 9.17) is 4.42 Å². The fraction of sp³-hybridized carbons (Fsp3) is 0. The summed E-state index contributed by atoms with van der Waals surface area (Å²) >= 11 is 1.57. The van der Waals surface area contributed by atoms with Gasteiger partial charge in [0.2, 0.25) is 0 Å². The monoisotopic (exact) mass is 304 g/mol. The number of benzene rings is 1. The highest BCUT2D eigenvalue weighted by Gasteiger charge is 2.05. The van der Waals surface area contributed by atoms with E-state index in [1.165, 1.54) is 0 Å². The van der Waals surface area contributed by atoms with Crippen LogP contribution in [-0.4, -0.2) is 9.97 Å². The first-order chi connectivity index (χ1) is 10.9. The zero-order chi connectivity index (χ0) is 14.8. The molecule has 3 heterocycles. The Kier molecular flexibility index (Phi) is 3.29. The van der Waals surface area contributed by atoms with Crippen LogP contribution in [0.25, 0.3) is 33.8 Å². The molecule has 0 radical (unpaired) electrons. The summed E-state index contributed by atoms with van der Waals surface area (Å²) in [5.41, 5.74) is 2.83. The van der Waals surface area contributed by atoms with Crippen LogP contribution in [0.2, 0.25) is 0 Å². The number of fused-ring (bicyclic) bond motifs is 1. The van der Waals surface area contributed by atoms with Crippen molar-refractivity contribution < 1.29 is 4.42 Å². The van der Waals surface area contributed by atoms with E-state index in [1.807, 2.05) is 53.9 Å². The normalized spacial score (nSPS) is 11.5. The molecule has 0 amide bonds. The summed E-state index contributed by atoms with van der Waals surface area (Å²) < 4.78 is 5.36. The van der Waals surface area contributed by atoms with Gasteiger partial charge in [-0.15, -0.1) is 11.3 Å². The maximum absolute atomic E-state index is 5.36. The molecule has 3 aromatic heterocycles. The first-order valence-corrected chi connectivity index (χ1v) is 7.80. The SMILES string of the molecule is C(=Cc1ccc2ccccc2n1)c1csc(-c2ccco2)n1. The van der Waals surface area contributed by atoms with E-state index in [1.54, 1.807) is 17.6 Å². The average molecular weight is 304 g/mol. The van der Waals surface area contributed by atoms with E-state index in [0.29, 0.717) is 0 Å². The molecule has 106 valence electrons. The van der Waals surface area contributed by atoms with E-state index < -0.39 is 0 Å². The highest BCUT2D eigenvalue weighted by molar-refractivity contribution is 7.13. The molecular formula is C18H12N2OS. The molecular weight excluding hydrogens is 292 g/mol. The van der Waals surface area contributed by atoms with Crippen LogP contribution in [0.3, 0.4) is 0 Å². The van der Waals surface area contributed by atoms with Crippen LogP contribution < -0.4 is 0 Å². The summed E-state index contributed by atoms with van der Waals surface area (Å²) in [5.74, 6) is 0.800. The molecule has 0 atom stereocenters. The summed E-state index contributed by atoms with van der Waals surface area (Å²) in [6.45, 7) is 0. The minimum Gasteiger partial charge on any atom is -0.462 e. The van der Waals surface area contributed by atoms with Crippen LogP contribution in [0.15, 0.2) is 64.6 Å². The Labute approximate surface area is 131 Å². The molecule has 4 heteroatoms. The predicted octanol–water partition coefficient (Wildman–Crippen LogP) is 5.12. The predicted molar refractivity (Wildman–Crippen MR) is 90.5 cm³/mol. The van der Waals surface area contributed by atoms with Gasteiger partial charge in [-0.05, 0) is 36.4 Å². The second kappa shape index (κ2) is 5.58. The molecule has 1 aromatic carbocycles. The smallest absolute Gasteiger partial charge is 0.162 e. The van der Waals surface area contributed by atoms with Gasteiger partial charge in [-0.2, -0.15) is 0 Å². The lowest BCUT2D eigenvalue weighted by atomic mass is 10.2. The van der Waals surface area contributed by atoms with Crippen molar-refractivity contribution in [3.05, 3.63) is 71.6 Å². The molecule has 4 rings (SSSR count). The maximum Gasteiger partial charge on any atom is 0.162 e. The van der Waals surface area contributed by atoms with Crippen molar-refractivity contribution in [3.8, 4) is 10.8 Å². The molecule has 0 N–H and O–H groups in total. The maximum atomic E-state index is 5.36. The fourth-order valence-corrected chi connectivity index (χ4v) is 2.98. The summed E-state index contributed by atoms with van der Waals surface area (Å²) in [4.78, 5) is 9.16. The first-order valence-electron chi connectivity index (χ1n) is 6.92. The number of aromatic nitrogens is 2. The van der Waals surface area contributed by atoms with Crippen molar-refractivity contribution in [2.24, 2.45) is 0 Å². The van der Waals surface area contributed by atoms with E-state index >= 15 is 0 Å². The Morgan fingerprint density at radius 3 is 2.68 bits per heavy atom. The van der Waals surface area contributed by atoms with Gasteiger partial charge in [0.05, 0.1) is 23.2 Å². The molecule has 0 saturated carbocycles. The number of nitrogens with zero attached hydrogens (tertiary/aromatic N) is 2. The fourth-order valence-electron chi connectivity index (χ4n) is 2.22. The largest absolute Gasteiger partial charge is 0.462 e. The van der Waals surface area contributed by atoms with Crippen LogP contribution in [0, 0.1) is 0 Å². The van der Waals surface area contributed by atoms with Crippen LogP contribution >= 0.6 is 11.3 Å². The number of para-hydroxylation sites is 1. The summed E-state index contributed by atoms with van der Waals surface area (Å²) in [6.07, 6.45) is 5.61. The van der Waals surface area contributed by atoms with Gasteiger partial charge in [-0.1, -0.05) is 24.3 Å². The van der Waals surface area contributed by atoms with E-state index in [2.05, 4.69) is 22.1 Å². The number of furan rings is 1. The van der Waals surface area contributed by atoms with Gasteiger partial charge >= 0.3 is 0 Å². The lowest BCUT2D eigenvalue weighted by molar-refractivity contribution is 0.582.